The van der Waals surface area contributed by atoms with Crippen molar-refractivity contribution in [3.8, 4) is 0 Å². The topological polar surface area (TPSA) is 57.2 Å². The summed E-state index contributed by atoms with van der Waals surface area (Å²) in [6.45, 7) is 1.51. The first-order valence-electron chi connectivity index (χ1n) is 4.33. The largest absolute Gasteiger partial charge is 0.743 e. The Morgan fingerprint density at radius 1 is 1.25 bits per heavy atom. The van der Waals surface area contributed by atoms with E-state index in [4.69, 9.17) is 0 Å². The molecule has 3 nitrogen and oxygen atoms in total. The Bertz CT molecular complexity index is 327. The second kappa shape index (κ2) is 4.82. The van der Waals surface area contributed by atoms with Crippen molar-refractivity contribution < 1.29 is 34.9 Å². The SMILES string of the molecule is CCCCC(F)C(F)(F)C(F)(F)S(=O)(=O)[O-]. The number of halogens is 5. The molecule has 0 saturated carbocycles. The molecule has 16 heavy (non-hydrogen) atoms. The summed E-state index contributed by atoms with van der Waals surface area (Å²) in [5.74, 6) is -5.51. The summed E-state index contributed by atoms with van der Waals surface area (Å²) in [5.41, 5.74) is 0. The van der Waals surface area contributed by atoms with Gasteiger partial charge in [-0.3, -0.25) is 0 Å². The fraction of sp³-hybridized carbons (Fsp3) is 1.00. The zero-order valence-corrected chi connectivity index (χ0v) is 9.04. The van der Waals surface area contributed by atoms with Crippen LogP contribution >= 0.6 is 0 Å². The molecule has 0 aliphatic heterocycles. The normalized spacial score (nSPS) is 16.2. The summed E-state index contributed by atoms with van der Waals surface area (Å²) in [6.07, 6.45) is -4.15. The molecule has 0 N–H and O–H groups in total. The van der Waals surface area contributed by atoms with Crippen molar-refractivity contribution in [1.82, 2.24) is 0 Å². The van der Waals surface area contributed by atoms with Gasteiger partial charge in [0.1, 0.15) is 0 Å². The minimum atomic E-state index is -6.60. The number of rotatable bonds is 6. The van der Waals surface area contributed by atoms with Crippen molar-refractivity contribution in [3.05, 3.63) is 0 Å². The lowest BCUT2D eigenvalue weighted by Gasteiger charge is -2.30. The molecule has 1 unspecified atom stereocenters. The molecule has 0 fully saturated rings. The van der Waals surface area contributed by atoms with Crippen LogP contribution in [-0.4, -0.2) is 30.3 Å². The highest BCUT2D eigenvalue weighted by Gasteiger charge is 2.66. The standard InChI is InChI=1S/C7H11F5O3S/c1-2-3-4-5(8)6(9,10)7(11,12)16(13,14)15/h5H,2-4H2,1H3,(H,13,14,15)/p-1. The number of hydrogen-bond donors (Lipinski definition) is 0. The molecule has 9 heteroatoms. The van der Waals surface area contributed by atoms with Crippen LogP contribution < -0.4 is 0 Å². The second-order valence-corrected chi connectivity index (χ2v) is 4.62. The molecule has 0 aliphatic carbocycles. The van der Waals surface area contributed by atoms with E-state index in [0.29, 0.717) is 0 Å². The fourth-order valence-electron chi connectivity index (χ4n) is 0.914. The highest BCUT2D eigenvalue weighted by Crippen LogP contribution is 2.43. The van der Waals surface area contributed by atoms with Gasteiger partial charge < -0.3 is 4.55 Å². The van der Waals surface area contributed by atoms with Crippen LogP contribution in [0.1, 0.15) is 26.2 Å². The van der Waals surface area contributed by atoms with Gasteiger partial charge in [-0.05, 0) is 6.42 Å². The van der Waals surface area contributed by atoms with E-state index in [-0.39, 0.29) is 12.8 Å². The molecule has 0 aliphatic rings. The van der Waals surface area contributed by atoms with Gasteiger partial charge in [0, 0.05) is 0 Å². The maximum absolute atomic E-state index is 12.8. The summed E-state index contributed by atoms with van der Waals surface area (Å²) in [5, 5.41) is -5.94. The van der Waals surface area contributed by atoms with Crippen LogP contribution in [0.15, 0.2) is 0 Å². The molecular formula is C7H10F5O3S-. The Kier molecular flexibility index (Phi) is 4.69. The first-order valence-corrected chi connectivity index (χ1v) is 5.74. The molecule has 0 aromatic carbocycles. The molecule has 98 valence electrons. The van der Waals surface area contributed by atoms with Gasteiger partial charge in [-0.2, -0.15) is 17.6 Å². The van der Waals surface area contributed by atoms with Crippen molar-refractivity contribution in [2.24, 2.45) is 0 Å². The van der Waals surface area contributed by atoms with Crippen LogP contribution in [-0.2, 0) is 10.1 Å². The average Bonchev–Trinajstić information content (AvgIpc) is 2.11. The van der Waals surface area contributed by atoms with Gasteiger partial charge in [-0.1, -0.05) is 19.8 Å². The van der Waals surface area contributed by atoms with E-state index >= 15 is 0 Å². The molecule has 0 spiro atoms. The fourth-order valence-corrected chi connectivity index (χ4v) is 1.37. The Balaban J connectivity index is 5.04. The summed E-state index contributed by atoms with van der Waals surface area (Å²) < 4.78 is 92.9. The number of alkyl halides is 5. The van der Waals surface area contributed by atoms with Crippen molar-refractivity contribution >= 4 is 10.1 Å². The van der Waals surface area contributed by atoms with Crippen LogP contribution in [0.2, 0.25) is 0 Å². The van der Waals surface area contributed by atoms with E-state index < -0.39 is 33.9 Å². The molecule has 0 radical (unpaired) electrons. The smallest absolute Gasteiger partial charge is 0.399 e. The van der Waals surface area contributed by atoms with E-state index in [9.17, 15) is 34.9 Å². The summed E-state index contributed by atoms with van der Waals surface area (Å²) >= 11 is 0. The second-order valence-electron chi connectivity index (χ2n) is 3.20. The minimum Gasteiger partial charge on any atom is -0.743 e. The minimum absolute atomic E-state index is 0.119. The van der Waals surface area contributed by atoms with Crippen molar-refractivity contribution in [3.63, 3.8) is 0 Å². The quantitative estimate of drug-likeness (QED) is 0.549. The zero-order chi connectivity index (χ0) is 13.2. The van der Waals surface area contributed by atoms with Gasteiger partial charge in [-0.15, -0.1) is 0 Å². The summed E-state index contributed by atoms with van der Waals surface area (Å²) in [7, 11) is -6.60. The predicted molar refractivity (Wildman–Crippen MR) is 44.0 cm³/mol. The molecule has 0 aromatic heterocycles. The van der Waals surface area contributed by atoms with E-state index in [0.717, 1.165) is 0 Å². The Hall–Kier alpha value is -0.440. The molecule has 0 amide bonds. The van der Waals surface area contributed by atoms with Gasteiger partial charge >= 0.3 is 11.2 Å². The molecular weight excluding hydrogens is 259 g/mol. The van der Waals surface area contributed by atoms with E-state index in [1.807, 2.05) is 0 Å². The van der Waals surface area contributed by atoms with Gasteiger partial charge in [0.05, 0.1) is 0 Å². The highest BCUT2D eigenvalue weighted by molar-refractivity contribution is 7.86. The van der Waals surface area contributed by atoms with Crippen LogP contribution in [0, 0.1) is 0 Å². The molecule has 0 saturated heterocycles. The lowest BCUT2D eigenvalue weighted by molar-refractivity contribution is -0.198. The predicted octanol–water partition coefficient (Wildman–Crippen LogP) is 2.29. The monoisotopic (exact) mass is 269 g/mol. The third kappa shape index (κ3) is 2.82. The van der Waals surface area contributed by atoms with E-state index in [1.165, 1.54) is 6.92 Å². The molecule has 0 bridgehead atoms. The highest BCUT2D eigenvalue weighted by atomic mass is 32.2. The zero-order valence-electron chi connectivity index (χ0n) is 8.22. The van der Waals surface area contributed by atoms with E-state index in [1.54, 1.807) is 0 Å². The Morgan fingerprint density at radius 3 is 2.00 bits per heavy atom. The third-order valence-electron chi connectivity index (χ3n) is 1.91. The average molecular weight is 269 g/mol. The van der Waals surface area contributed by atoms with Crippen molar-refractivity contribution in [1.29, 1.82) is 0 Å². The van der Waals surface area contributed by atoms with Gasteiger partial charge in [0.25, 0.3) is 0 Å². The van der Waals surface area contributed by atoms with E-state index in [2.05, 4.69) is 0 Å². The van der Waals surface area contributed by atoms with Gasteiger partial charge in [0.15, 0.2) is 16.3 Å². The molecule has 0 aromatic rings. The Labute approximate surface area is 89.4 Å². The maximum atomic E-state index is 12.8. The first-order chi connectivity index (χ1) is 6.98. The number of hydrogen-bond acceptors (Lipinski definition) is 3. The maximum Gasteiger partial charge on any atom is 0.399 e. The van der Waals surface area contributed by atoms with Gasteiger partial charge in [0.2, 0.25) is 0 Å². The lowest BCUT2D eigenvalue weighted by Crippen LogP contribution is -2.52. The summed E-state index contributed by atoms with van der Waals surface area (Å²) in [4.78, 5) is 0. The summed E-state index contributed by atoms with van der Waals surface area (Å²) in [6, 6.07) is 0. The molecule has 0 heterocycles. The molecule has 0 rings (SSSR count). The molecule has 1 atom stereocenters. The lowest BCUT2D eigenvalue weighted by atomic mass is 10.1. The van der Waals surface area contributed by atoms with Crippen LogP contribution in [0.4, 0.5) is 22.0 Å². The Morgan fingerprint density at radius 2 is 1.69 bits per heavy atom. The van der Waals surface area contributed by atoms with Crippen LogP contribution in [0.25, 0.3) is 0 Å². The van der Waals surface area contributed by atoms with Crippen molar-refractivity contribution in [2.75, 3.05) is 0 Å². The first kappa shape index (κ1) is 15.6. The van der Waals surface area contributed by atoms with Crippen LogP contribution in [0.5, 0.6) is 0 Å². The number of unbranched alkanes of at least 4 members (excludes halogenated alkanes) is 1. The van der Waals surface area contributed by atoms with Crippen LogP contribution in [0.3, 0.4) is 0 Å². The van der Waals surface area contributed by atoms with Crippen molar-refractivity contribution in [2.45, 2.75) is 43.5 Å². The van der Waals surface area contributed by atoms with Gasteiger partial charge in [-0.25, -0.2) is 12.8 Å². The third-order valence-corrected chi connectivity index (χ3v) is 2.81.